The van der Waals surface area contributed by atoms with Crippen molar-refractivity contribution < 1.29 is 69.4 Å². The summed E-state index contributed by atoms with van der Waals surface area (Å²) in [6, 6.07) is 42.7. The summed E-state index contributed by atoms with van der Waals surface area (Å²) in [6.07, 6.45) is 9.32. The van der Waals surface area contributed by atoms with E-state index in [4.69, 9.17) is 21.0 Å². The SMILES string of the molecule is C#Cc1ccc(N2C(=O)C(C)C(C)C2=O)cc1.CCC(C)(C)C(=O)OC1(C)C=CCCC1.CCC(C)(C)C(=O)OC12CC3CC(C1)CC(C(=O)OC(CS(=O)(=O)[O-])C(F)(F)F)(C3)C2.CCC(C)c1cccc(O)c1.c1ccc(-[s+]2c3ccccc3c3ccccc32)cc1. The van der Waals surface area contributed by atoms with Gasteiger partial charge in [0, 0.05) is 45.1 Å². The first kappa shape index (κ1) is 73.1. The standard InChI is InChI=1S/C20H29F3O7S.C18H13S.C14H13NO2.C13H22O2.C10H14O/c1-4-17(2,3)15(24)30-19-8-12-5-13(9-19)7-18(6-12,11-19)16(25)29-14(20(21,22)23)10-31(26,27)28;1-2-8-14(9-3-1)19-17-12-6-4-10-15(17)16-11-5-7-13-18(16)19;1-4-11-5-7-12(8-6-11)15-13(16)9(2)10(3)14(15)17;1-5-12(2,3)11(14)15-13(4)9-7-6-8-10-13;1-3-8(2)9-5-4-6-10(11)7-9/h12-14H,4-11H2,1-3H3,(H,26,27,28);1-13H;1,5-10H,2-3H3;7,9H,5-6,8,10H2,1-4H3;4-8,11H,3H2,1-2H3/q;+1;;;/p-1. The van der Waals surface area contributed by atoms with Crippen LogP contribution in [0, 0.1) is 52.3 Å². The molecule has 5 fully saturated rings. The molecule has 0 radical (unpaired) electrons. The number of thiophene rings is 1. The van der Waals surface area contributed by atoms with Crippen LogP contribution in [0.15, 0.2) is 140 Å². The average Bonchev–Trinajstić information content (AvgIpc) is 1.49. The van der Waals surface area contributed by atoms with E-state index in [9.17, 15) is 50.1 Å². The first-order valence-corrected chi connectivity index (χ1v) is 35.0. The lowest BCUT2D eigenvalue weighted by molar-refractivity contribution is -0.239. The number of aromatic hydroxyl groups is 1. The highest BCUT2D eigenvalue weighted by molar-refractivity contribution is 7.85. The number of alkyl halides is 3. The Labute approximate surface area is 549 Å². The molecule has 7 unspecified atom stereocenters. The predicted molar refractivity (Wildman–Crippen MR) is 359 cm³/mol. The minimum absolute atomic E-state index is 0.00100. The van der Waals surface area contributed by atoms with Gasteiger partial charge in [-0.2, -0.15) is 13.2 Å². The van der Waals surface area contributed by atoms with Gasteiger partial charge in [0.15, 0.2) is 14.3 Å². The van der Waals surface area contributed by atoms with Crippen LogP contribution in [0.2, 0.25) is 0 Å². The molecule has 6 aromatic rings. The number of rotatable bonds is 14. The van der Waals surface area contributed by atoms with E-state index in [1.807, 2.05) is 58.9 Å². The normalized spacial score (nSPS) is 23.7. The molecule has 12 rings (SSSR count). The topological polar surface area (TPSA) is 194 Å². The van der Waals surface area contributed by atoms with Crippen LogP contribution < -0.4 is 4.90 Å². The Morgan fingerprint density at radius 1 is 0.763 bits per heavy atom. The van der Waals surface area contributed by atoms with E-state index in [0.29, 0.717) is 49.5 Å². The minimum Gasteiger partial charge on any atom is -0.748 e. The number of hydrogen-bond donors (Lipinski definition) is 1. The monoisotopic (exact) mass is 1320 g/mol. The van der Waals surface area contributed by atoms with Gasteiger partial charge in [-0.05, 0) is 207 Å². The number of imide groups is 1. The molecule has 2 heterocycles. The third kappa shape index (κ3) is 17.9. The molecule has 7 atom stereocenters. The zero-order chi connectivity index (χ0) is 68.5. The molecule has 2 amide bonds. The Bertz CT molecular complexity index is 3720. The molecule has 5 aliphatic carbocycles. The molecule has 5 aromatic carbocycles. The van der Waals surface area contributed by atoms with Crippen LogP contribution >= 0.6 is 10.5 Å². The number of esters is 3. The van der Waals surface area contributed by atoms with Crippen LogP contribution in [0.1, 0.15) is 170 Å². The molecule has 13 nitrogen and oxygen atoms in total. The highest BCUT2D eigenvalue weighted by Crippen LogP contribution is 2.64. The smallest absolute Gasteiger partial charge is 0.426 e. The van der Waals surface area contributed by atoms with Gasteiger partial charge in [0.1, 0.15) is 17.0 Å². The second-order valence-corrected chi connectivity index (χ2v) is 30.7. The molecule has 4 bridgehead atoms. The van der Waals surface area contributed by atoms with Gasteiger partial charge in [0.2, 0.25) is 17.9 Å². The van der Waals surface area contributed by atoms with Crippen molar-refractivity contribution in [3.63, 3.8) is 0 Å². The second-order valence-electron chi connectivity index (χ2n) is 27.2. The number of anilines is 1. The van der Waals surface area contributed by atoms with E-state index >= 15 is 0 Å². The van der Waals surface area contributed by atoms with Crippen molar-refractivity contribution in [2.45, 2.75) is 183 Å². The van der Waals surface area contributed by atoms with Crippen LogP contribution in [0.4, 0.5) is 18.9 Å². The number of carbonyl (C=O) groups is 5. The third-order valence-corrected chi connectivity index (χ3v) is 22.3. The fourth-order valence-corrected chi connectivity index (χ4v) is 15.9. The summed E-state index contributed by atoms with van der Waals surface area (Å²) >= 11 is 0. The summed E-state index contributed by atoms with van der Waals surface area (Å²) in [7, 11) is -5.21. The van der Waals surface area contributed by atoms with Gasteiger partial charge in [0.25, 0.3) is 0 Å². The van der Waals surface area contributed by atoms with Crippen molar-refractivity contribution in [1.29, 1.82) is 0 Å². The van der Waals surface area contributed by atoms with E-state index in [1.165, 1.54) is 35.5 Å². The summed E-state index contributed by atoms with van der Waals surface area (Å²) in [5, 5.41) is 11.9. The molecule has 1 N–H and O–H groups in total. The Balaban J connectivity index is 0.000000172. The highest BCUT2D eigenvalue weighted by atomic mass is 32.2. The molecule has 1 aromatic heterocycles. The summed E-state index contributed by atoms with van der Waals surface area (Å²) in [5.74, 6) is -0.918. The van der Waals surface area contributed by atoms with Crippen LogP contribution in [0.25, 0.3) is 25.1 Å². The number of phenolic OH excluding ortho intramolecular Hbond substituents is 1. The number of halogens is 3. The lowest BCUT2D eigenvalue weighted by Gasteiger charge is -2.60. The van der Waals surface area contributed by atoms with Gasteiger partial charge in [0.05, 0.1) is 37.8 Å². The Hall–Kier alpha value is -7.33. The average molecular weight is 1320 g/mol. The van der Waals surface area contributed by atoms with E-state index < -0.39 is 56.5 Å². The van der Waals surface area contributed by atoms with Gasteiger partial charge >= 0.3 is 24.1 Å². The Morgan fingerprint density at radius 2 is 1.29 bits per heavy atom. The number of nitrogens with zero attached hydrogens (tertiary/aromatic N) is 1. The van der Waals surface area contributed by atoms with Crippen molar-refractivity contribution in [2.24, 2.45) is 39.9 Å². The molecule has 4 saturated carbocycles. The maximum Gasteiger partial charge on any atom is 0.426 e. The maximum atomic E-state index is 13.3. The minimum atomic E-state index is -5.27. The number of hydrogen-bond acceptors (Lipinski definition) is 12. The molecule has 93 heavy (non-hydrogen) atoms. The fraction of sp³-hybridized carbons (Fsp3) is 0.480. The summed E-state index contributed by atoms with van der Waals surface area (Å²) in [4.78, 5) is 64.1. The number of amides is 2. The number of benzene rings is 5. The zero-order valence-electron chi connectivity index (χ0n) is 55.3. The van der Waals surface area contributed by atoms with Crippen molar-refractivity contribution in [3.8, 4) is 23.0 Å². The molecule has 1 aliphatic heterocycles. The molecule has 18 heteroatoms. The third-order valence-electron chi connectivity index (χ3n) is 19.2. The van der Waals surface area contributed by atoms with Gasteiger partial charge in [-0.25, -0.2) is 8.42 Å². The predicted octanol–water partition coefficient (Wildman–Crippen LogP) is 17.2. The molecule has 500 valence electrons. The number of phenols is 1. The van der Waals surface area contributed by atoms with E-state index in [1.54, 1.807) is 58.0 Å². The number of fused-ring (bicyclic) bond motifs is 3. The number of carbonyl (C=O) groups excluding carboxylic acids is 5. The second kappa shape index (κ2) is 30.0. The number of terminal acetylenes is 1. The molecule has 0 spiro atoms. The van der Waals surface area contributed by atoms with Crippen molar-refractivity contribution >= 4 is 76.2 Å². The van der Waals surface area contributed by atoms with Gasteiger partial charge in [-0.1, -0.05) is 108 Å². The Kier molecular flexibility index (Phi) is 23.5. The maximum absolute atomic E-state index is 13.3. The quantitative estimate of drug-likeness (QED) is 0.0207. The first-order chi connectivity index (χ1) is 43.6. The van der Waals surface area contributed by atoms with Crippen LogP contribution in [0.3, 0.4) is 0 Å². The Morgan fingerprint density at radius 3 is 1.76 bits per heavy atom. The lowest BCUT2D eigenvalue weighted by Crippen LogP contribution is -2.61. The summed E-state index contributed by atoms with van der Waals surface area (Å²) in [5.41, 5.74) is -1.16. The summed E-state index contributed by atoms with van der Waals surface area (Å²) < 4.78 is 91.5. The van der Waals surface area contributed by atoms with Crippen molar-refractivity contribution in [1.82, 2.24) is 0 Å². The van der Waals surface area contributed by atoms with Gasteiger partial charge in [-0.3, -0.25) is 28.9 Å². The molecular formula is C75H90F3NO12S2. The summed E-state index contributed by atoms with van der Waals surface area (Å²) in [6.45, 7) is 21.1. The van der Waals surface area contributed by atoms with Crippen molar-refractivity contribution in [3.05, 3.63) is 151 Å². The van der Waals surface area contributed by atoms with Crippen LogP contribution in [-0.4, -0.2) is 77.0 Å². The van der Waals surface area contributed by atoms with E-state index in [2.05, 4.69) is 109 Å². The van der Waals surface area contributed by atoms with Crippen molar-refractivity contribution in [2.75, 3.05) is 10.7 Å². The lowest BCUT2D eigenvalue weighted by atomic mass is 9.48. The largest absolute Gasteiger partial charge is 0.748 e. The molecule has 1 saturated heterocycles. The van der Waals surface area contributed by atoms with Crippen LogP contribution in [-0.2, 0) is 48.3 Å². The van der Waals surface area contributed by atoms with Gasteiger partial charge in [-0.15, -0.1) is 6.42 Å². The van der Waals surface area contributed by atoms with Gasteiger partial charge < -0.3 is 23.9 Å². The highest BCUT2D eigenvalue weighted by Gasteiger charge is 2.64. The molecular weight excluding hydrogens is 1230 g/mol. The van der Waals surface area contributed by atoms with E-state index in [0.717, 1.165) is 44.1 Å². The zero-order valence-corrected chi connectivity index (χ0v) is 57.0. The first-order valence-electron chi connectivity index (χ1n) is 32.2. The van der Waals surface area contributed by atoms with E-state index in [-0.39, 0.29) is 69.4 Å². The molecule has 6 aliphatic rings. The number of ether oxygens (including phenoxy) is 3. The van der Waals surface area contributed by atoms with Crippen LogP contribution in [0.5, 0.6) is 5.75 Å². The number of allylic oxidation sites excluding steroid dienone is 1. The fourth-order valence-electron chi connectivity index (χ4n) is 12.9.